The number of carboxylic acids is 1. The largest absolute Gasteiger partial charge is 0.481 e. The summed E-state index contributed by atoms with van der Waals surface area (Å²) in [7, 11) is 0. The number of aryl methyl sites for hydroxylation is 2. The third kappa shape index (κ3) is 2.04. The van der Waals surface area contributed by atoms with Gasteiger partial charge in [0.15, 0.2) is 0 Å². The van der Waals surface area contributed by atoms with Crippen molar-refractivity contribution in [3.05, 3.63) is 22.8 Å². The van der Waals surface area contributed by atoms with Gasteiger partial charge in [-0.15, -0.1) is 0 Å². The van der Waals surface area contributed by atoms with Gasteiger partial charge in [0.05, 0.1) is 5.92 Å². The summed E-state index contributed by atoms with van der Waals surface area (Å²) in [6.45, 7) is 7.58. The fraction of sp³-hybridized carbons (Fsp3) is 0.615. The second-order valence-electron chi connectivity index (χ2n) is 5.25. The molecule has 1 saturated carbocycles. The molecule has 17 heavy (non-hydrogen) atoms. The maximum Gasteiger partial charge on any atom is 0.310 e. The number of hydrogen-bond acceptors (Lipinski definition) is 3. The van der Waals surface area contributed by atoms with Crippen molar-refractivity contribution in [2.24, 2.45) is 0 Å². The van der Waals surface area contributed by atoms with Crippen LogP contribution in [-0.4, -0.2) is 21.0 Å². The number of rotatable bonds is 3. The lowest BCUT2D eigenvalue weighted by Gasteiger charge is -2.16. The Morgan fingerprint density at radius 1 is 1.29 bits per heavy atom. The van der Waals surface area contributed by atoms with Crippen molar-refractivity contribution < 1.29 is 9.90 Å². The average molecular weight is 234 g/mol. The first-order valence-electron chi connectivity index (χ1n) is 5.93. The zero-order valence-electron chi connectivity index (χ0n) is 10.7. The molecule has 0 saturated heterocycles. The van der Waals surface area contributed by atoms with Gasteiger partial charge in [-0.2, -0.15) is 0 Å². The first kappa shape index (κ1) is 12.0. The van der Waals surface area contributed by atoms with Crippen LogP contribution >= 0.6 is 0 Å². The molecule has 0 spiro atoms. The van der Waals surface area contributed by atoms with E-state index in [4.69, 9.17) is 5.11 Å². The molecule has 1 atom stereocenters. The minimum Gasteiger partial charge on any atom is -0.481 e. The Hall–Kier alpha value is -1.45. The van der Waals surface area contributed by atoms with Crippen molar-refractivity contribution in [1.82, 2.24) is 9.97 Å². The zero-order chi connectivity index (χ0) is 12.8. The highest BCUT2D eigenvalue weighted by Crippen LogP contribution is 2.46. The number of carboxylic acid groups (broad SMARTS) is 1. The van der Waals surface area contributed by atoms with Crippen LogP contribution in [-0.2, 0) is 10.2 Å². The van der Waals surface area contributed by atoms with Crippen LogP contribution in [0.25, 0.3) is 0 Å². The summed E-state index contributed by atoms with van der Waals surface area (Å²) in [5, 5.41) is 9.07. The van der Waals surface area contributed by atoms with Gasteiger partial charge in [0.2, 0.25) is 0 Å². The van der Waals surface area contributed by atoms with Crippen LogP contribution in [0.3, 0.4) is 0 Å². The van der Waals surface area contributed by atoms with E-state index in [1.807, 2.05) is 13.8 Å². The van der Waals surface area contributed by atoms with E-state index < -0.39 is 11.9 Å². The summed E-state index contributed by atoms with van der Waals surface area (Å²) in [5.41, 5.74) is 2.48. The van der Waals surface area contributed by atoms with E-state index >= 15 is 0 Å². The lowest BCUT2D eigenvalue weighted by molar-refractivity contribution is -0.138. The molecule has 1 aliphatic carbocycles. The molecule has 1 aromatic rings. The molecular weight excluding hydrogens is 216 g/mol. The van der Waals surface area contributed by atoms with Gasteiger partial charge in [-0.3, -0.25) is 4.79 Å². The molecule has 1 unspecified atom stereocenters. The molecular formula is C13H18N2O2. The predicted molar refractivity (Wildman–Crippen MR) is 64.1 cm³/mol. The molecule has 4 heteroatoms. The molecule has 1 N–H and O–H groups in total. The van der Waals surface area contributed by atoms with E-state index in [1.54, 1.807) is 6.92 Å². The van der Waals surface area contributed by atoms with E-state index in [-0.39, 0.29) is 5.41 Å². The molecule has 92 valence electrons. The molecule has 1 aliphatic rings. The van der Waals surface area contributed by atoms with Crippen molar-refractivity contribution >= 4 is 5.97 Å². The second kappa shape index (κ2) is 3.79. The van der Waals surface area contributed by atoms with Gasteiger partial charge in [0.25, 0.3) is 0 Å². The SMILES string of the molecule is Cc1nc(C2(C)CC2)nc(C)c1C(C)C(=O)O. The highest BCUT2D eigenvalue weighted by atomic mass is 16.4. The van der Waals surface area contributed by atoms with Crippen LogP contribution in [0.15, 0.2) is 0 Å². The lowest BCUT2D eigenvalue weighted by atomic mass is 9.97. The van der Waals surface area contributed by atoms with E-state index in [9.17, 15) is 4.79 Å². The third-order valence-electron chi connectivity index (χ3n) is 3.67. The monoisotopic (exact) mass is 234 g/mol. The van der Waals surface area contributed by atoms with E-state index in [2.05, 4.69) is 16.9 Å². The van der Waals surface area contributed by atoms with Gasteiger partial charge >= 0.3 is 5.97 Å². The van der Waals surface area contributed by atoms with Gasteiger partial charge < -0.3 is 5.11 Å². The maximum absolute atomic E-state index is 11.0. The summed E-state index contributed by atoms with van der Waals surface area (Å²) in [6.07, 6.45) is 2.25. The molecule has 0 aliphatic heterocycles. The van der Waals surface area contributed by atoms with Crippen molar-refractivity contribution in [1.29, 1.82) is 0 Å². The summed E-state index contributed by atoms with van der Waals surface area (Å²) >= 11 is 0. The standard InChI is InChI=1S/C13H18N2O2/c1-7(11(16)17)10-8(2)14-12(15-9(10)3)13(4)5-6-13/h7H,5-6H2,1-4H3,(H,16,17). The first-order valence-corrected chi connectivity index (χ1v) is 5.93. The predicted octanol–water partition coefficient (Wildman–Crippen LogP) is 2.33. The molecule has 0 aromatic carbocycles. The van der Waals surface area contributed by atoms with Gasteiger partial charge in [0.1, 0.15) is 5.82 Å². The smallest absolute Gasteiger partial charge is 0.310 e. The lowest BCUT2D eigenvalue weighted by Crippen LogP contribution is -2.17. The Morgan fingerprint density at radius 3 is 2.12 bits per heavy atom. The summed E-state index contributed by atoms with van der Waals surface area (Å²) in [4.78, 5) is 20.0. The van der Waals surface area contributed by atoms with Crippen LogP contribution in [0.4, 0.5) is 0 Å². The fourth-order valence-corrected chi connectivity index (χ4v) is 2.16. The van der Waals surface area contributed by atoms with E-state index in [1.165, 1.54) is 0 Å². The minimum absolute atomic E-state index is 0.126. The number of aromatic nitrogens is 2. The summed E-state index contributed by atoms with van der Waals surface area (Å²) in [6, 6.07) is 0. The van der Waals surface area contributed by atoms with Crippen molar-refractivity contribution in [2.75, 3.05) is 0 Å². The Morgan fingerprint density at radius 2 is 1.76 bits per heavy atom. The number of nitrogens with zero attached hydrogens (tertiary/aromatic N) is 2. The molecule has 1 fully saturated rings. The highest BCUT2D eigenvalue weighted by Gasteiger charge is 2.42. The van der Waals surface area contributed by atoms with Crippen LogP contribution in [0.1, 0.15) is 55.4 Å². The quantitative estimate of drug-likeness (QED) is 0.871. The maximum atomic E-state index is 11.0. The van der Waals surface area contributed by atoms with Crippen LogP contribution < -0.4 is 0 Å². The summed E-state index contributed by atoms with van der Waals surface area (Å²) in [5.74, 6) is -0.505. The van der Waals surface area contributed by atoms with Crippen molar-refractivity contribution in [3.63, 3.8) is 0 Å². The average Bonchev–Trinajstić information content (AvgIpc) is 2.96. The van der Waals surface area contributed by atoms with Gasteiger partial charge in [0, 0.05) is 22.4 Å². The molecule has 0 bridgehead atoms. The second-order valence-corrected chi connectivity index (χ2v) is 5.25. The normalized spacial score (nSPS) is 18.8. The zero-order valence-corrected chi connectivity index (χ0v) is 10.7. The van der Waals surface area contributed by atoms with Crippen molar-refractivity contribution in [3.8, 4) is 0 Å². The minimum atomic E-state index is -0.829. The number of hydrogen-bond donors (Lipinski definition) is 1. The number of aliphatic carboxylic acids is 1. The molecule has 0 radical (unpaired) electrons. The van der Waals surface area contributed by atoms with Gasteiger partial charge in [-0.25, -0.2) is 9.97 Å². The first-order chi connectivity index (χ1) is 7.85. The Kier molecular flexibility index (Phi) is 2.68. The molecule has 0 amide bonds. The Balaban J connectivity index is 2.46. The van der Waals surface area contributed by atoms with Crippen LogP contribution in [0.5, 0.6) is 0 Å². The van der Waals surface area contributed by atoms with Crippen LogP contribution in [0, 0.1) is 13.8 Å². The van der Waals surface area contributed by atoms with Crippen LogP contribution in [0.2, 0.25) is 0 Å². The fourth-order valence-electron chi connectivity index (χ4n) is 2.16. The van der Waals surface area contributed by atoms with Crippen molar-refractivity contribution in [2.45, 2.75) is 51.9 Å². The number of carbonyl (C=O) groups is 1. The van der Waals surface area contributed by atoms with Gasteiger partial charge in [-0.1, -0.05) is 6.92 Å². The molecule has 1 heterocycles. The third-order valence-corrected chi connectivity index (χ3v) is 3.67. The Bertz CT molecular complexity index is 455. The molecule has 2 rings (SSSR count). The molecule has 1 aromatic heterocycles. The highest BCUT2D eigenvalue weighted by molar-refractivity contribution is 5.76. The van der Waals surface area contributed by atoms with Gasteiger partial charge in [-0.05, 0) is 33.6 Å². The summed E-state index contributed by atoms with van der Waals surface area (Å²) < 4.78 is 0. The Labute approximate surface area is 101 Å². The van der Waals surface area contributed by atoms with E-state index in [0.29, 0.717) is 0 Å². The molecule has 4 nitrogen and oxygen atoms in total. The topological polar surface area (TPSA) is 63.1 Å². The van der Waals surface area contributed by atoms with E-state index in [0.717, 1.165) is 35.6 Å².